The molecule has 49 heavy (non-hydrogen) atoms. The Morgan fingerprint density at radius 1 is 0.408 bits per heavy atom. The molecular weight excluding hydrogens is 599 g/mol. The number of hydrogen-bond donors (Lipinski definition) is 0. The minimum Gasteiger partial charge on any atom is -0.269 e. The van der Waals surface area contributed by atoms with Gasteiger partial charge in [-0.25, -0.2) is 0 Å². The zero-order valence-corrected chi connectivity index (χ0v) is 28.6. The van der Waals surface area contributed by atoms with E-state index in [-0.39, 0.29) is 17.2 Å². The van der Waals surface area contributed by atoms with Crippen LogP contribution in [0, 0.1) is 0 Å². The van der Waals surface area contributed by atoms with Crippen molar-refractivity contribution in [1.82, 2.24) is 4.90 Å². The number of benzene rings is 9. The first-order valence-corrected chi connectivity index (χ1v) is 17.2. The minimum atomic E-state index is -0.682. The van der Waals surface area contributed by atoms with Crippen molar-refractivity contribution in [3.05, 3.63) is 120 Å². The summed E-state index contributed by atoms with van der Waals surface area (Å²) in [6, 6.07) is 37.2. The van der Waals surface area contributed by atoms with Crippen LogP contribution in [0.4, 0.5) is 0 Å². The lowest BCUT2D eigenvalue weighted by Crippen LogP contribution is -2.51. The Morgan fingerprint density at radius 2 is 1.02 bits per heavy atom. The standard InChI is InChI=1S/C46H35NO2/c1-45(2,3)36-21-20-29-33(22-26-13-7-10-25-16-17-30(36)39(29)37(25)26)34-23-35-41-32(43(48)47(44(35)49)46(4,5)6)19-18-28-27-14-8-11-24-12-9-15-31(38(24)27)40(34)42(28)41/h7-23H,1-6H3. The van der Waals surface area contributed by atoms with Gasteiger partial charge in [0.1, 0.15) is 0 Å². The monoisotopic (exact) mass is 633 g/mol. The molecule has 1 aliphatic heterocycles. The Balaban J connectivity index is 1.48. The maximum atomic E-state index is 14.6. The van der Waals surface area contributed by atoms with Gasteiger partial charge in [-0.05, 0) is 131 Å². The molecule has 0 bridgehead atoms. The lowest BCUT2D eigenvalue weighted by Gasteiger charge is -2.37. The molecule has 1 aliphatic rings. The van der Waals surface area contributed by atoms with Crippen molar-refractivity contribution >= 4 is 87.2 Å². The highest BCUT2D eigenvalue weighted by Crippen LogP contribution is 2.51. The highest BCUT2D eigenvalue weighted by Gasteiger charge is 2.41. The van der Waals surface area contributed by atoms with Crippen LogP contribution < -0.4 is 0 Å². The third-order valence-electron chi connectivity index (χ3n) is 11.0. The Bertz CT molecular complexity index is 2930. The van der Waals surface area contributed by atoms with Crippen molar-refractivity contribution in [2.45, 2.75) is 52.5 Å². The summed E-state index contributed by atoms with van der Waals surface area (Å²) in [7, 11) is 0. The van der Waals surface area contributed by atoms with Gasteiger partial charge in [-0.2, -0.15) is 0 Å². The first-order valence-electron chi connectivity index (χ1n) is 17.2. The zero-order valence-electron chi connectivity index (χ0n) is 28.6. The summed E-state index contributed by atoms with van der Waals surface area (Å²) >= 11 is 0. The molecule has 10 rings (SSSR count). The molecule has 0 unspecified atom stereocenters. The number of carbonyl (C=O) groups excluding carboxylic acids is 2. The first-order chi connectivity index (χ1) is 23.4. The van der Waals surface area contributed by atoms with Crippen LogP contribution in [-0.2, 0) is 5.41 Å². The topological polar surface area (TPSA) is 37.4 Å². The van der Waals surface area contributed by atoms with Crippen LogP contribution in [0.5, 0.6) is 0 Å². The van der Waals surface area contributed by atoms with Crippen molar-refractivity contribution in [1.29, 1.82) is 0 Å². The molecule has 9 aromatic carbocycles. The number of imide groups is 1. The maximum absolute atomic E-state index is 14.6. The van der Waals surface area contributed by atoms with Crippen LogP contribution in [0.2, 0.25) is 0 Å². The molecule has 0 N–H and O–H groups in total. The van der Waals surface area contributed by atoms with E-state index in [9.17, 15) is 9.59 Å². The lowest BCUT2D eigenvalue weighted by molar-refractivity contribution is 0.0460. The maximum Gasteiger partial charge on any atom is 0.261 e. The van der Waals surface area contributed by atoms with Gasteiger partial charge in [0.05, 0.1) is 0 Å². The first kappa shape index (κ1) is 28.5. The quantitative estimate of drug-likeness (QED) is 0.102. The Kier molecular flexibility index (Phi) is 5.30. The third kappa shape index (κ3) is 3.57. The average molecular weight is 634 g/mol. The molecule has 0 saturated heterocycles. The average Bonchev–Trinajstić information content (AvgIpc) is 3.07. The molecule has 3 heteroatoms. The number of carbonyl (C=O) groups is 2. The van der Waals surface area contributed by atoms with E-state index in [0.717, 1.165) is 43.4 Å². The van der Waals surface area contributed by atoms with Crippen LogP contribution in [0.1, 0.15) is 67.8 Å². The largest absolute Gasteiger partial charge is 0.269 e. The van der Waals surface area contributed by atoms with Gasteiger partial charge in [-0.3, -0.25) is 14.5 Å². The summed E-state index contributed by atoms with van der Waals surface area (Å²) in [5.74, 6) is -0.469. The van der Waals surface area contributed by atoms with Crippen molar-refractivity contribution in [3.8, 4) is 11.1 Å². The van der Waals surface area contributed by atoms with Crippen LogP contribution in [0.3, 0.4) is 0 Å². The fourth-order valence-corrected chi connectivity index (χ4v) is 9.05. The number of amides is 2. The molecule has 9 aromatic rings. The summed E-state index contributed by atoms with van der Waals surface area (Å²) in [6.07, 6.45) is 0. The molecule has 0 atom stereocenters. The minimum absolute atomic E-state index is 0.0401. The van der Waals surface area contributed by atoms with Crippen molar-refractivity contribution in [2.75, 3.05) is 0 Å². The summed E-state index contributed by atoms with van der Waals surface area (Å²) in [5, 5.41) is 16.0. The second-order valence-electron chi connectivity index (χ2n) is 16.0. The van der Waals surface area contributed by atoms with Gasteiger partial charge in [-0.1, -0.05) is 106 Å². The molecule has 0 saturated carbocycles. The predicted molar refractivity (Wildman–Crippen MR) is 206 cm³/mol. The second kappa shape index (κ2) is 9.12. The highest BCUT2D eigenvalue weighted by molar-refractivity contribution is 6.41. The SMILES string of the molecule is CC(C)(C)c1ccc2c(-c3cc4c5c(ccc6c7cccc8cccc(c3c56)c87)C(=O)N(C(C)(C)C)C4=O)cc3cccc4ccc1c2c43. The molecule has 0 spiro atoms. The molecule has 3 nitrogen and oxygen atoms in total. The van der Waals surface area contributed by atoms with Crippen molar-refractivity contribution < 1.29 is 9.59 Å². The van der Waals surface area contributed by atoms with Gasteiger partial charge in [0, 0.05) is 22.1 Å². The summed E-state index contributed by atoms with van der Waals surface area (Å²) in [5.41, 5.74) is 3.90. The normalized spacial score (nSPS) is 14.4. The fourth-order valence-electron chi connectivity index (χ4n) is 9.05. The van der Waals surface area contributed by atoms with Gasteiger partial charge in [-0.15, -0.1) is 0 Å². The number of fused-ring (bicyclic) bond motifs is 2. The molecule has 0 aromatic heterocycles. The zero-order chi connectivity index (χ0) is 33.7. The molecule has 0 fully saturated rings. The van der Waals surface area contributed by atoms with Gasteiger partial charge in [0.2, 0.25) is 0 Å². The van der Waals surface area contributed by atoms with Crippen molar-refractivity contribution in [3.63, 3.8) is 0 Å². The Hall–Kier alpha value is -5.54. The van der Waals surface area contributed by atoms with Gasteiger partial charge >= 0.3 is 0 Å². The Labute approximate surface area is 284 Å². The van der Waals surface area contributed by atoms with E-state index in [1.54, 1.807) is 0 Å². The number of nitrogens with zero attached hydrogens (tertiary/aromatic N) is 1. The summed E-state index contributed by atoms with van der Waals surface area (Å²) in [6.45, 7) is 12.6. The van der Waals surface area contributed by atoms with E-state index in [1.807, 2.05) is 26.8 Å². The van der Waals surface area contributed by atoms with Gasteiger partial charge < -0.3 is 0 Å². The van der Waals surface area contributed by atoms with E-state index in [1.165, 1.54) is 53.6 Å². The molecule has 2 amide bonds. The van der Waals surface area contributed by atoms with E-state index in [4.69, 9.17) is 0 Å². The Morgan fingerprint density at radius 3 is 1.76 bits per heavy atom. The fraction of sp³-hybridized carbons (Fsp3) is 0.174. The van der Waals surface area contributed by atoms with Crippen LogP contribution >= 0.6 is 0 Å². The van der Waals surface area contributed by atoms with E-state index < -0.39 is 5.54 Å². The van der Waals surface area contributed by atoms with Crippen LogP contribution in [0.15, 0.2) is 103 Å². The highest BCUT2D eigenvalue weighted by atomic mass is 16.2. The molecular formula is C46H35NO2. The predicted octanol–water partition coefficient (Wildman–Crippen LogP) is 12.0. The molecule has 0 radical (unpaired) electrons. The lowest BCUT2D eigenvalue weighted by atomic mass is 9.78. The molecule has 1 heterocycles. The summed E-state index contributed by atoms with van der Waals surface area (Å²) < 4.78 is 0. The summed E-state index contributed by atoms with van der Waals surface area (Å²) in [4.78, 5) is 30.3. The third-order valence-corrected chi connectivity index (χ3v) is 11.0. The van der Waals surface area contributed by atoms with Gasteiger partial charge in [0.15, 0.2) is 0 Å². The van der Waals surface area contributed by atoms with E-state index in [0.29, 0.717) is 11.1 Å². The number of rotatable bonds is 1. The smallest absolute Gasteiger partial charge is 0.261 e. The number of hydrogen-bond acceptors (Lipinski definition) is 2. The van der Waals surface area contributed by atoms with E-state index >= 15 is 0 Å². The molecule has 0 aliphatic carbocycles. The second-order valence-corrected chi connectivity index (χ2v) is 16.0. The van der Waals surface area contributed by atoms with Crippen LogP contribution in [0.25, 0.3) is 86.5 Å². The van der Waals surface area contributed by atoms with E-state index in [2.05, 4.69) is 118 Å². The van der Waals surface area contributed by atoms with Crippen LogP contribution in [-0.4, -0.2) is 22.3 Å². The van der Waals surface area contributed by atoms with Crippen molar-refractivity contribution in [2.24, 2.45) is 0 Å². The van der Waals surface area contributed by atoms with Gasteiger partial charge in [0.25, 0.3) is 11.8 Å². The molecule has 236 valence electrons.